The lowest BCUT2D eigenvalue weighted by Crippen LogP contribution is -2.49. The van der Waals surface area contributed by atoms with Gasteiger partial charge in [0.25, 0.3) is 0 Å². The van der Waals surface area contributed by atoms with E-state index in [9.17, 15) is 14.4 Å². The standard InChI is InChI=1S/C20H22BrNO5/c1-3-26-17(13-24)18(22-16-9-7-15(21)8-10-16)20(19(25)27-4-2)11-5-6-14(20)12-23/h7-10,18,22H,3-6,11H2,1-2H3. The number of rotatable bonds is 8. The number of ether oxygens (including phenoxy) is 2. The third-order valence-electron chi connectivity index (χ3n) is 4.61. The first kappa shape index (κ1) is 21.0. The summed E-state index contributed by atoms with van der Waals surface area (Å²) in [6.45, 7) is 3.81. The maximum atomic E-state index is 13.0. The quantitative estimate of drug-likeness (QED) is 0.382. The minimum atomic E-state index is -1.35. The fraction of sp³-hybridized carbons (Fsp3) is 0.450. The number of benzene rings is 1. The molecule has 1 aromatic carbocycles. The van der Waals surface area contributed by atoms with Crippen molar-refractivity contribution in [3.8, 4) is 0 Å². The summed E-state index contributed by atoms with van der Waals surface area (Å²) in [6, 6.07) is 6.32. The second kappa shape index (κ2) is 9.56. The first-order chi connectivity index (χ1) is 13.0. The Balaban J connectivity index is 2.59. The first-order valence-electron chi connectivity index (χ1n) is 8.85. The summed E-state index contributed by atoms with van der Waals surface area (Å²) in [4.78, 5) is 36.3. The van der Waals surface area contributed by atoms with Gasteiger partial charge in [-0.3, -0.25) is 4.79 Å². The van der Waals surface area contributed by atoms with Crippen LogP contribution in [0.3, 0.4) is 0 Å². The molecule has 1 aromatic rings. The number of nitrogens with one attached hydrogen (secondary N) is 1. The molecule has 0 bridgehead atoms. The molecule has 2 atom stereocenters. The van der Waals surface area contributed by atoms with Crippen molar-refractivity contribution < 1.29 is 23.9 Å². The van der Waals surface area contributed by atoms with Crippen LogP contribution in [0.1, 0.15) is 33.1 Å². The molecule has 7 heteroatoms. The van der Waals surface area contributed by atoms with Gasteiger partial charge in [0.2, 0.25) is 5.76 Å². The van der Waals surface area contributed by atoms with Gasteiger partial charge in [0.15, 0.2) is 5.94 Å². The Labute approximate surface area is 166 Å². The number of carbonyl (C=O) groups excluding carboxylic acids is 3. The smallest absolute Gasteiger partial charge is 0.319 e. The largest absolute Gasteiger partial charge is 0.485 e. The molecule has 2 unspecified atom stereocenters. The van der Waals surface area contributed by atoms with Gasteiger partial charge in [-0.15, -0.1) is 0 Å². The molecule has 0 radical (unpaired) electrons. The molecular weight excluding hydrogens is 414 g/mol. The highest BCUT2D eigenvalue weighted by atomic mass is 79.9. The molecule has 0 aliphatic heterocycles. The summed E-state index contributed by atoms with van der Waals surface area (Å²) < 4.78 is 11.6. The molecule has 1 N–H and O–H groups in total. The van der Waals surface area contributed by atoms with Crippen molar-refractivity contribution in [3.05, 3.63) is 40.1 Å². The summed E-state index contributed by atoms with van der Waals surface area (Å²) >= 11 is 3.37. The minimum Gasteiger partial charge on any atom is -0.485 e. The van der Waals surface area contributed by atoms with Crippen LogP contribution in [0.2, 0.25) is 0 Å². The van der Waals surface area contributed by atoms with Crippen molar-refractivity contribution in [1.29, 1.82) is 0 Å². The fourth-order valence-electron chi connectivity index (χ4n) is 3.43. The predicted octanol–water partition coefficient (Wildman–Crippen LogP) is 3.47. The normalized spacial score (nSPS) is 19.6. The van der Waals surface area contributed by atoms with Crippen LogP contribution in [0.25, 0.3) is 0 Å². The summed E-state index contributed by atoms with van der Waals surface area (Å²) in [5, 5.41) is 3.18. The van der Waals surface area contributed by atoms with Crippen molar-refractivity contribution >= 4 is 39.5 Å². The number of halogens is 1. The molecule has 0 saturated heterocycles. The molecule has 144 valence electrons. The first-order valence-corrected chi connectivity index (χ1v) is 9.64. The number of esters is 1. The second-order valence-corrected chi connectivity index (χ2v) is 7.03. The Kier molecular flexibility index (Phi) is 7.43. The molecule has 0 heterocycles. The zero-order valence-electron chi connectivity index (χ0n) is 15.3. The average molecular weight is 436 g/mol. The lowest BCUT2D eigenvalue weighted by Gasteiger charge is -2.36. The van der Waals surface area contributed by atoms with Crippen LogP contribution >= 0.6 is 15.9 Å². The zero-order valence-corrected chi connectivity index (χ0v) is 16.9. The van der Waals surface area contributed by atoms with Crippen molar-refractivity contribution in [2.75, 3.05) is 18.5 Å². The van der Waals surface area contributed by atoms with Gasteiger partial charge in [0, 0.05) is 15.7 Å². The van der Waals surface area contributed by atoms with Crippen LogP contribution in [0.15, 0.2) is 40.1 Å². The van der Waals surface area contributed by atoms with Gasteiger partial charge in [-0.05, 0) is 57.4 Å². The summed E-state index contributed by atoms with van der Waals surface area (Å²) in [5.74, 6) is 3.08. The summed E-state index contributed by atoms with van der Waals surface area (Å²) in [6.07, 6.45) is 1.38. The third-order valence-corrected chi connectivity index (χ3v) is 5.14. The Morgan fingerprint density at radius 2 is 1.89 bits per heavy atom. The van der Waals surface area contributed by atoms with Crippen LogP contribution in [-0.4, -0.2) is 37.1 Å². The highest BCUT2D eigenvalue weighted by Gasteiger charge is 2.56. The topological polar surface area (TPSA) is 81.7 Å². The molecule has 0 amide bonds. The van der Waals surface area contributed by atoms with Crippen LogP contribution < -0.4 is 5.32 Å². The third kappa shape index (κ3) is 4.33. The molecule has 1 aliphatic rings. The monoisotopic (exact) mass is 435 g/mol. The van der Waals surface area contributed by atoms with Gasteiger partial charge in [-0.1, -0.05) is 15.9 Å². The van der Waals surface area contributed by atoms with Crippen LogP contribution in [0, 0.1) is 5.41 Å². The van der Waals surface area contributed by atoms with E-state index < -0.39 is 17.4 Å². The van der Waals surface area contributed by atoms with Gasteiger partial charge in [-0.25, -0.2) is 9.59 Å². The number of carbonyl (C=O) groups is 1. The molecule has 0 aromatic heterocycles. The number of hydrogen-bond acceptors (Lipinski definition) is 6. The minimum absolute atomic E-state index is 0.0666. The number of hydrogen-bond donors (Lipinski definition) is 1. The summed E-state index contributed by atoms with van der Waals surface area (Å²) in [7, 11) is 0. The molecule has 1 saturated carbocycles. The fourth-order valence-corrected chi connectivity index (χ4v) is 3.70. The Bertz CT molecular complexity index is 778. The van der Waals surface area contributed by atoms with Crippen molar-refractivity contribution in [1.82, 2.24) is 0 Å². The van der Waals surface area contributed by atoms with Gasteiger partial charge in [-0.2, -0.15) is 0 Å². The van der Waals surface area contributed by atoms with Gasteiger partial charge >= 0.3 is 5.97 Å². The molecule has 1 fully saturated rings. The summed E-state index contributed by atoms with van der Waals surface area (Å²) in [5.41, 5.74) is -0.410. The van der Waals surface area contributed by atoms with E-state index >= 15 is 0 Å². The molecule has 6 nitrogen and oxygen atoms in total. The highest BCUT2D eigenvalue weighted by Crippen LogP contribution is 2.48. The lowest BCUT2D eigenvalue weighted by molar-refractivity contribution is -0.153. The highest BCUT2D eigenvalue weighted by molar-refractivity contribution is 9.10. The Morgan fingerprint density at radius 1 is 1.22 bits per heavy atom. The zero-order chi connectivity index (χ0) is 19.9. The molecule has 1 aliphatic carbocycles. The average Bonchev–Trinajstić information content (AvgIpc) is 3.11. The van der Waals surface area contributed by atoms with Crippen molar-refractivity contribution in [3.63, 3.8) is 0 Å². The van der Waals surface area contributed by atoms with E-state index in [0.29, 0.717) is 24.9 Å². The molecular formula is C20H22BrNO5. The SMILES string of the molecule is CCOC(=O)C1(C(Nc2ccc(Br)cc2)C(=C=O)OCC)CCCC1=C=O. The van der Waals surface area contributed by atoms with E-state index in [1.165, 1.54) is 0 Å². The Morgan fingerprint density at radius 3 is 2.44 bits per heavy atom. The van der Waals surface area contributed by atoms with Crippen molar-refractivity contribution in [2.24, 2.45) is 5.41 Å². The molecule has 2 rings (SSSR count). The van der Waals surface area contributed by atoms with E-state index in [1.807, 2.05) is 18.1 Å². The van der Waals surface area contributed by atoms with E-state index in [4.69, 9.17) is 9.47 Å². The van der Waals surface area contributed by atoms with Crippen LogP contribution in [0.5, 0.6) is 0 Å². The molecule has 27 heavy (non-hydrogen) atoms. The number of anilines is 1. The lowest BCUT2D eigenvalue weighted by atomic mass is 9.74. The van der Waals surface area contributed by atoms with Gasteiger partial charge in [0.1, 0.15) is 17.4 Å². The Hall–Kier alpha value is -2.33. The van der Waals surface area contributed by atoms with Crippen molar-refractivity contribution in [2.45, 2.75) is 39.2 Å². The van der Waals surface area contributed by atoms with Gasteiger partial charge < -0.3 is 14.8 Å². The van der Waals surface area contributed by atoms with E-state index in [1.54, 1.807) is 31.9 Å². The maximum Gasteiger partial charge on any atom is 0.319 e. The van der Waals surface area contributed by atoms with E-state index in [-0.39, 0.29) is 24.5 Å². The van der Waals surface area contributed by atoms with Gasteiger partial charge in [0.05, 0.1) is 13.2 Å². The van der Waals surface area contributed by atoms with E-state index in [2.05, 4.69) is 21.2 Å². The van der Waals surface area contributed by atoms with Crippen LogP contribution in [-0.2, 0) is 23.9 Å². The van der Waals surface area contributed by atoms with E-state index in [0.717, 1.165) is 4.47 Å². The van der Waals surface area contributed by atoms with Crippen LogP contribution in [0.4, 0.5) is 5.69 Å². The maximum absolute atomic E-state index is 13.0. The predicted molar refractivity (Wildman–Crippen MR) is 105 cm³/mol. The second-order valence-electron chi connectivity index (χ2n) is 6.11. The molecule has 0 spiro atoms.